The Bertz CT molecular complexity index is 31.8. The van der Waals surface area contributed by atoms with Gasteiger partial charge in [-0.2, -0.15) is 0 Å². The monoisotopic (exact) mass is 108 g/mol. The second-order valence-corrected chi connectivity index (χ2v) is 0.874. The fourth-order valence-corrected chi connectivity index (χ4v) is 0. The summed E-state index contributed by atoms with van der Waals surface area (Å²) in [5.41, 5.74) is 9.24. The lowest BCUT2D eigenvalue weighted by Gasteiger charge is -1.68. The summed E-state index contributed by atoms with van der Waals surface area (Å²) in [5.74, 6) is 0. The van der Waals surface area contributed by atoms with Crippen LogP contribution >= 0.6 is 12.2 Å². The van der Waals surface area contributed by atoms with Crippen molar-refractivity contribution in [2.75, 3.05) is 0 Å². The second-order valence-electron chi connectivity index (χ2n) is 0.402. The van der Waals surface area contributed by atoms with Crippen molar-refractivity contribution in [3.63, 3.8) is 0 Å². The molecule has 0 spiro atoms. The summed E-state index contributed by atoms with van der Waals surface area (Å²) < 4.78 is 0. The highest BCUT2D eigenvalue weighted by Gasteiger charge is 1.53. The van der Waals surface area contributed by atoms with Crippen LogP contribution in [0.4, 0.5) is 0 Å². The normalized spacial score (nSPS) is 4.00. The van der Waals surface area contributed by atoms with E-state index in [0.29, 0.717) is 0 Å². The fraction of sp³-hybridized carbons (Fsp3) is 0.667. The number of thiocarbonyl (C=S) groups is 1. The molecular weight excluding hydrogens is 96.1 g/mol. The molecule has 0 aliphatic carbocycles. The third-order valence-electron chi connectivity index (χ3n) is 0. The van der Waals surface area contributed by atoms with Gasteiger partial charge in [0.2, 0.25) is 0 Å². The van der Waals surface area contributed by atoms with Crippen molar-refractivity contribution in [1.29, 1.82) is 0 Å². The van der Waals surface area contributed by atoms with Crippen LogP contribution in [0.15, 0.2) is 0 Å². The quantitative estimate of drug-likeness (QED) is 0.443. The zero-order chi connectivity index (χ0) is 3.58. The molecule has 0 atom stereocenters. The summed E-state index contributed by atoms with van der Waals surface area (Å²) in [6.07, 6.45) is 0. The zero-order valence-electron chi connectivity index (χ0n) is 2.06. The third kappa shape index (κ3) is 278. The van der Waals surface area contributed by atoms with E-state index in [1.165, 1.54) is 0 Å². The molecule has 0 aromatic heterocycles. The van der Waals surface area contributed by atoms with Gasteiger partial charge in [-0.25, -0.2) is 0 Å². The predicted molar refractivity (Wildman–Crippen MR) is 34.4 cm³/mol. The van der Waals surface area contributed by atoms with Crippen LogP contribution in [0.5, 0.6) is 0 Å². The predicted octanol–water partition coefficient (Wildman–Crippen LogP) is 0.461. The highest BCUT2D eigenvalue weighted by molar-refractivity contribution is 7.80. The first kappa shape index (κ1) is 17.3. The van der Waals surface area contributed by atoms with Crippen LogP contribution in [0.3, 0.4) is 0 Å². The van der Waals surface area contributed by atoms with E-state index >= 15 is 0 Å². The Balaban J connectivity index is -0.0000000450. The van der Waals surface area contributed by atoms with E-state index in [1.54, 1.807) is 0 Å². The smallest absolute Gasteiger partial charge is 0.160 e. The van der Waals surface area contributed by atoms with Crippen LogP contribution in [0.2, 0.25) is 0 Å². The summed E-state index contributed by atoms with van der Waals surface area (Å²) in [7, 11) is 0. The maximum atomic E-state index is 4.62. The fourth-order valence-electron chi connectivity index (χ4n) is 0. The molecule has 0 aliphatic rings. The van der Waals surface area contributed by atoms with Gasteiger partial charge in [-0.15, -0.1) is 0 Å². The molecule has 4 N–H and O–H groups in total. The SMILES string of the molecule is C.C.NC(N)=S. The van der Waals surface area contributed by atoms with Crippen molar-refractivity contribution in [1.82, 2.24) is 0 Å². The standard InChI is InChI=1S/CH4N2S.2CH4/c2-1(3)4;;/h(H4,2,3,4);2*1H4. The molecule has 0 aromatic rings. The van der Waals surface area contributed by atoms with Crippen LogP contribution in [-0.2, 0) is 0 Å². The molecule has 0 rings (SSSR count). The summed E-state index contributed by atoms with van der Waals surface area (Å²) in [6, 6.07) is 0. The molecule has 0 amide bonds. The molecule has 0 unspecified atom stereocenters. The molecule has 0 radical (unpaired) electrons. The molecule has 0 saturated heterocycles. The van der Waals surface area contributed by atoms with E-state index in [2.05, 4.69) is 23.7 Å². The number of hydrogen-bond donors (Lipinski definition) is 2. The zero-order valence-corrected chi connectivity index (χ0v) is 2.88. The summed E-state index contributed by atoms with van der Waals surface area (Å²) >= 11 is 4.09. The van der Waals surface area contributed by atoms with Gasteiger partial charge in [-0.1, -0.05) is 14.9 Å². The molecule has 40 valence electrons. The lowest BCUT2D eigenvalue weighted by molar-refractivity contribution is 1.65. The molecule has 0 fully saturated rings. The van der Waals surface area contributed by atoms with E-state index in [1.807, 2.05) is 0 Å². The lowest BCUT2D eigenvalue weighted by atomic mass is 11.3. The van der Waals surface area contributed by atoms with Crippen molar-refractivity contribution < 1.29 is 0 Å². The van der Waals surface area contributed by atoms with Gasteiger partial charge in [0, 0.05) is 0 Å². The topological polar surface area (TPSA) is 52.0 Å². The molecule has 2 nitrogen and oxygen atoms in total. The van der Waals surface area contributed by atoms with Gasteiger partial charge in [0.05, 0.1) is 0 Å². The molecule has 3 heteroatoms. The highest BCUT2D eigenvalue weighted by atomic mass is 32.1. The summed E-state index contributed by atoms with van der Waals surface area (Å²) in [4.78, 5) is 0. The van der Waals surface area contributed by atoms with Crippen molar-refractivity contribution in [3.8, 4) is 0 Å². The van der Waals surface area contributed by atoms with Crippen LogP contribution in [-0.4, -0.2) is 5.11 Å². The van der Waals surface area contributed by atoms with E-state index in [4.69, 9.17) is 0 Å². The molecule has 0 heterocycles. The Morgan fingerprint density at radius 1 is 1.17 bits per heavy atom. The average Bonchev–Trinajstić information content (AvgIpc) is 0.811. The van der Waals surface area contributed by atoms with Crippen LogP contribution in [0.1, 0.15) is 14.9 Å². The van der Waals surface area contributed by atoms with Gasteiger partial charge < -0.3 is 11.5 Å². The highest BCUT2D eigenvalue weighted by Crippen LogP contribution is 1.32. The summed E-state index contributed by atoms with van der Waals surface area (Å²) in [5, 5.41) is 0.000000000000000222. The molecule has 0 bridgehead atoms. The molecule has 0 aromatic carbocycles. The van der Waals surface area contributed by atoms with Gasteiger partial charge in [-0.3, -0.25) is 0 Å². The van der Waals surface area contributed by atoms with E-state index in [9.17, 15) is 0 Å². The van der Waals surface area contributed by atoms with E-state index in [0.717, 1.165) is 0 Å². The Morgan fingerprint density at radius 3 is 1.17 bits per heavy atom. The third-order valence-corrected chi connectivity index (χ3v) is 0. The Hall–Kier alpha value is -0.310. The minimum atomic E-state index is 0. The van der Waals surface area contributed by atoms with Gasteiger partial charge in [-0.05, 0) is 12.2 Å². The summed E-state index contributed by atoms with van der Waals surface area (Å²) in [6.45, 7) is 0. The lowest BCUT2D eigenvalue weighted by Crippen LogP contribution is -2.18. The van der Waals surface area contributed by atoms with Gasteiger partial charge in [0.1, 0.15) is 0 Å². The minimum absolute atomic E-state index is 0. The van der Waals surface area contributed by atoms with Crippen LogP contribution in [0, 0.1) is 0 Å². The number of rotatable bonds is 0. The number of nitrogens with two attached hydrogens (primary N) is 2. The first-order valence-electron chi connectivity index (χ1n) is 0.781. The molecular formula is C3H12N2S. The Kier molecular flexibility index (Phi) is 25.4. The van der Waals surface area contributed by atoms with E-state index in [-0.39, 0.29) is 20.0 Å². The Morgan fingerprint density at radius 2 is 1.17 bits per heavy atom. The average molecular weight is 108 g/mol. The van der Waals surface area contributed by atoms with Gasteiger partial charge >= 0.3 is 0 Å². The van der Waals surface area contributed by atoms with Crippen molar-refractivity contribution in [3.05, 3.63) is 0 Å². The molecule has 0 aliphatic heterocycles. The van der Waals surface area contributed by atoms with Crippen molar-refractivity contribution in [2.24, 2.45) is 11.5 Å². The first-order valence-corrected chi connectivity index (χ1v) is 1.19. The molecule has 0 saturated carbocycles. The maximum absolute atomic E-state index is 4.62. The van der Waals surface area contributed by atoms with Gasteiger partial charge in [0.15, 0.2) is 5.11 Å². The van der Waals surface area contributed by atoms with E-state index < -0.39 is 0 Å². The Labute approximate surface area is 44.5 Å². The molecule has 6 heavy (non-hydrogen) atoms. The maximum Gasteiger partial charge on any atom is 0.160 e. The minimum Gasteiger partial charge on any atom is -0.377 e. The van der Waals surface area contributed by atoms with Crippen LogP contribution in [0.25, 0.3) is 0 Å². The second kappa shape index (κ2) is 8.83. The first-order chi connectivity index (χ1) is 1.73. The van der Waals surface area contributed by atoms with Crippen molar-refractivity contribution in [2.45, 2.75) is 14.9 Å². The van der Waals surface area contributed by atoms with Gasteiger partial charge in [0.25, 0.3) is 0 Å². The number of hydrogen-bond acceptors (Lipinski definition) is 1. The van der Waals surface area contributed by atoms with Crippen molar-refractivity contribution >= 4 is 17.3 Å². The van der Waals surface area contributed by atoms with Crippen LogP contribution < -0.4 is 11.5 Å². The largest absolute Gasteiger partial charge is 0.377 e.